The van der Waals surface area contributed by atoms with E-state index in [0.29, 0.717) is 0 Å². The first-order valence-corrected chi connectivity index (χ1v) is 17.5. The van der Waals surface area contributed by atoms with Gasteiger partial charge in [-0.3, -0.25) is 14.4 Å². The molecule has 0 aliphatic heterocycles. The van der Waals surface area contributed by atoms with E-state index in [1.54, 1.807) is 36.5 Å². The van der Waals surface area contributed by atoms with Gasteiger partial charge in [0.05, 0.1) is 0 Å². The van der Waals surface area contributed by atoms with E-state index in [2.05, 4.69) is 0 Å². The summed E-state index contributed by atoms with van der Waals surface area (Å²) in [6.45, 7) is 0. The van der Waals surface area contributed by atoms with Crippen molar-refractivity contribution in [2.45, 2.75) is 0 Å². The first kappa shape index (κ1) is 42.8. The van der Waals surface area contributed by atoms with Gasteiger partial charge in [-0.2, -0.15) is 0 Å². The summed E-state index contributed by atoms with van der Waals surface area (Å²) in [6.07, 6.45) is 20.4. The van der Waals surface area contributed by atoms with Crippen LogP contribution in [-0.4, -0.2) is 17.3 Å². The number of hydrogen-bond donors (Lipinski definition) is 0. The first-order chi connectivity index (χ1) is 26.5. The SMILES string of the molecule is O=C(C=Cc1ccccc1)C=Cc1ccccc1.O=C(C=Cc1ccccc1)C=Cc1ccccc1.O=C(C=Cc1ccccc1)C=Cc1ccccc1.[Pd+2]. The molecule has 0 aliphatic rings. The monoisotopic (exact) mass is 808 g/mol. The molecule has 0 saturated heterocycles. The standard InChI is InChI=1S/3C17H14O.Pd/c3*18-17(13-11-15-7-3-1-4-8-15)14-12-16-9-5-2-6-10-16;/h3*1-14H;/q;;;+2. The van der Waals surface area contributed by atoms with Crippen LogP contribution in [0.5, 0.6) is 0 Å². The van der Waals surface area contributed by atoms with Crippen LogP contribution < -0.4 is 0 Å². The zero-order valence-corrected chi connectivity index (χ0v) is 31.8. The summed E-state index contributed by atoms with van der Waals surface area (Å²) in [7, 11) is 0. The van der Waals surface area contributed by atoms with E-state index in [-0.39, 0.29) is 37.8 Å². The van der Waals surface area contributed by atoms with Crippen molar-refractivity contribution in [2.24, 2.45) is 0 Å². The van der Waals surface area contributed by atoms with Gasteiger partial charge in [-0.1, -0.05) is 218 Å². The van der Waals surface area contributed by atoms with Crippen LogP contribution in [0.3, 0.4) is 0 Å². The van der Waals surface area contributed by atoms with E-state index in [1.807, 2.05) is 218 Å². The maximum absolute atomic E-state index is 11.6. The topological polar surface area (TPSA) is 51.2 Å². The van der Waals surface area contributed by atoms with Crippen LogP contribution in [0, 0.1) is 0 Å². The fourth-order valence-corrected chi connectivity index (χ4v) is 4.62. The first-order valence-electron chi connectivity index (χ1n) is 17.5. The number of allylic oxidation sites excluding steroid dienone is 6. The Balaban J connectivity index is 0.000000220. The quantitative estimate of drug-likeness (QED) is 0.0914. The van der Waals surface area contributed by atoms with Gasteiger partial charge >= 0.3 is 20.4 Å². The fourth-order valence-electron chi connectivity index (χ4n) is 4.62. The Morgan fingerprint density at radius 1 is 0.236 bits per heavy atom. The predicted molar refractivity (Wildman–Crippen MR) is 228 cm³/mol. The maximum atomic E-state index is 11.6. The van der Waals surface area contributed by atoms with E-state index in [9.17, 15) is 14.4 Å². The van der Waals surface area contributed by atoms with Crippen LogP contribution in [-0.2, 0) is 34.8 Å². The number of carbonyl (C=O) groups excluding carboxylic acids is 3. The fraction of sp³-hybridized carbons (Fsp3) is 0. The van der Waals surface area contributed by atoms with Crippen LogP contribution >= 0.6 is 0 Å². The molecule has 6 aromatic rings. The Bertz CT molecular complexity index is 1760. The second kappa shape index (κ2) is 26.2. The second-order valence-electron chi connectivity index (χ2n) is 11.7. The summed E-state index contributed by atoms with van der Waals surface area (Å²) in [4.78, 5) is 34.8. The van der Waals surface area contributed by atoms with Gasteiger partial charge in [0, 0.05) is 0 Å². The van der Waals surface area contributed by atoms with E-state index >= 15 is 0 Å². The zero-order valence-electron chi connectivity index (χ0n) is 30.3. The Morgan fingerprint density at radius 3 is 0.491 bits per heavy atom. The normalized spacial score (nSPS) is 10.9. The number of hydrogen-bond acceptors (Lipinski definition) is 3. The summed E-state index contributed by atoms with van der Waals surface area (Å²) in [5.74, 6) is -0.0341. The van der Waals surface area contributed by atoms with Crippen molar-refractivity contribution in [3.8, 4) is 0 Å². The summed E-state index contributed by atoms with van der Waals surface area (Å²) in [5, 5.41) is 0. The maximum Gasteiger partial charge on any atom is 2.00 e. The van der Waals surface area contributed by atoms with Crippen LogP contribution in [0.2, 0.25) is 0 Å². The molecule has 0 atom stereocenters. The third-order valence-electron chi connectivity index (χ3n) is 7.44. The number of carbonyl (C=O) groups is 3. The molecule has 0 aromatic heterocycles. The van der Waals surface area contributed by atoms with Crippen molar-refractivity contribution in [1.82, 2.24) is 0 Å². The molecule has 272 valence electrons. The molecule has 0 unspecified atom stereocenters. The molecule has 0 aliphatic carbocycles. The van der Waals surface area contributed by atoms with Gasteiger partial charge in [-0.05, 0) is 69.8 Å². The van der Waals surface area contributed by atoms with Crippen LogP contribution in [0.4, 0.5) is 0 Å². The summed E-state index contributed by atoms with van der Waals surface area (Å²) < 4.78 is 0. The zero-order chi connectivity index (χ0) is 37.9. The average molecular weight is 809 g/mol. The molecule has 4 heteroatoms. The minimum atomic E-state index is -0.0114. The van der Waals surface area contributed by atoms with E-state index < -0.39 is 0 Å². The summed E-state index contributed by atoms with van der Waals surface area (Å²) >= 11 is 0. The van der Waals surface area contributed by atoms with Gasteiger partial charge < -0.3 is 0 Å². The van der Waals surface area contributed by atoms with Crippen LogP contribution in [0.15, 0.2) is 218 Å². The molecule has 0 spiro atoms. The molecule has 55 heavy (non-hydrogen) atoms. The van der Waals surface area contributed by atoms with Gasteiger partial charge in [0.1, 0.15) is 0 Å². The van der Waals surface area contributed by atoms with Gasteiger partial charge in [-0.15, -0.1) is 0 Å². The Kier molecular flexibility index (Phi) is 20.4. The Hall–Kier alpha value is -6.57. The Morgan fingerprint density at radius 2 is 0.364 bits per heavy atom. The third kappa shape index (κ3) is 19.2. The number of ketones is 3. The van der Waals surface area contributed by atoms with Crippen molar-refractivity contribution in [2.75, 3.05) is 0 Å². The minimum Gasteiger partial charge on any atom is -0.290 e. The molecule has 0 amide bonds. The molecule has 0 saturated carbocycles. The minimum absolute atomic E-state index is 0. The molecule has 3 nitrogen and oxygen atoms in total. The van der Waals surface area contributed by atoms with E-state index in [4.69, 9.17) is 0 Å². The van der Waals surface area contributed by atoms with E-state index in [0.717, 1.165) is 33.4 Å². The van der Waals surface area contributed by atoms with Crippen LogP contribution in [0.25, 0.3) is 36.5 Å². The van der Waals surface area contributed by atoms with Crippen molar-refractivity contribution in [3.63, 3.8) is 0 Å². The van der Waals surface area contributed by atoms with Crippen LogP contribution in [0.1, 0.15) is 33.4 Å². The van der Waals surface area contributed by atoms with Gasteiger partial charge in [0.25, 0.3) is 0 Å². The van der Waals surface area contributed by atoms with E-state index in [1.165, 1.54) is 0 Å². The van der Waals surface area contributed by atoms with Gasteiger partial charge in [0.2, 0.25) is 0 Å². The smallest absolute Gasteiger partial charge is 0.290 e. The molecule has 0 radical (unpaired) electrons. The van der Waals surface area contributed by atoms with Gasteiger partial charge in [-0.25, -0.2) is 0 Å². The molecule has 6 rings (SSSR count). The average Bonchev–Trinajstić information content (AvgIpc) is 3.24. The molecule has 0 N–H and O–H groups in total. The summed E-state index contributed by atoms with van der Waals surface area (Å²) in [5.41, 5.74) is 6.16. The largest absolute Gasteiger partial charge is 2.00 e. The van der Waals surface area contributed by atoms with Crippen molar-refractivity contribution in [3.05, 3.63) is 252 Å². The molecule has 0 fully saturated rings. The summed E-state index contributed by atoms with van der Waals surface area (Å²) in [6, 6.07) is 58.7. The Labute approximate surface area is 338 Å². The second-order valence-corrected chi connectivity index (χ2v) is 11.7. The van der Waals surface area contributed by atoms with Crippen molar-refractivity contribution in [1.29, 1.82) is 0 Å². The number of benzene rings is 6. The molecule has 0 heterocycles. The van der Waals surface area contributed by atoms with Gasteiger partial charge in [0.15, 0.2) is 17.3 Å². The molecule has 0 bridgehead atoms. The van der Waals surface area contributed by atoms with Crippen molar-refractivity contribution < 1.29 is 34.8 Å². The number of rotatable bonds is 12. The molecule has 6 aromatic carbocycles. The van der Waals surface area contributed by atoms with Crippen molar-refractivity contribution >= 4 is 53.8 Å². The molecular weight excluding hydrogens is 767 g/mol. The molecular formula is C51H42O3Pd+2. The predicted octanol–water partition coefficient (Wildman–Crippen LogP) is 11.9. The third-order valence-corrected chi connectivity index (χ3v) is 7.44.